The number of carbonyl (C=O) groups excluding carboxylic acids is 1. The predicted octanol–water partition coefficient (Wildman–Crippen LogP) is 4.24. The molecule has 0 fully saturated rings. The van der Waals surface area contributed by atoms with Gasteiger partial charge in [-0.3, -0.25) is 4.98 Å². The van der Waals surface area contributed by atoms with E-state index >= 15 is 0 Å². The lowest BCUT2D eigenvalue weighted by Gasteiger charge is -2.13. The first-order valence-corrected chi connectivity index (χ1v) is 9.99. The molecule has 3 rings (SSSR count). The lowest BCUT2D eigenvalue weighted by molar-refractivity contribution is 0.157. The molecule has 6 nitrogen and oxygen atoms in total. The van der Waals surface area contributed by atoms with Crippen LogP contribution in [0.3, 0.4) is 0 Å². The molecule has 3 aromatic rings. The van der Waals surface area contributed by atoms with E-state index in [0.717, 1.165) is 27.0 Å². The molecule has 0 bridgehead atoms. The summed E-state index contributed by atoms with van der Waals surface area (Å²) < 4.78 is 7.15. The van der Waals surface area contributed by atoms with Crippen molar-refractivity contribution in [1.29, 1.82) is 0 Å². The summed E-state index contributed by atoms with van der Waals surface area (Å²) in [5, 5.41) is 1.10. The number of imidazole rings is 1. The van der Waals surface area contributed by atoms with Gasteiger partial charge < -0.3 is 15.0 Å². The van der Waals surface area contributed by atoms with Crippen molar-refractivity contribution in [3.63, 3.8) is 0 Å². The summed E-state index contributed by atoms with van der Waals surface area (Å²) >= 11 is 1.70. The van der Waals surface area contributed by atoms with Gasteiger partial charge >= 0.3 is 6.09 Å². The van der Waals surface area contributed by atoms with E-state index in [-0.39, 0.29) is 12.5 Å². The van der Waals surface area contributed by atoms with E-state index in [0.29, 0.717) is 13.0 Å². The zero-order chi connectivity index (χ0) is 19.9. The Kier molecular flexibility index (Phi) is 6.71. The minimum Gasteiger partial charge on any atom is -0.449 e. The Bertz CT molecular complexity index is 911. The van der Waals surface area contributed by atoms with Crippen molar-refractivity contribution in [2.45, 2.75) is 42.7 Å². The van der Waals surface area contributed by atoms with Crippen LogP contribution in [0, 0.1) is 0 Å². The minimum atomic E-state index is -0.768. The standard InChI is InChI=1S/C21H24N4O2S/c1-15(2)19-20(28-17-6-4-3-5-7-17)25(14-16-8-11-23-12-9-16)18(24-19)10-13-27-21(22)26/h3-9,11-12,15H,10,13-14H2,1-2H3,(H2,22,26). The van der Waals surface area contributed by atoms with Gasteiger partial charge in [0, 0.05) is 30.3 Å². The summed E-state index contributed by atoms with van der Waals surface area (Å²) in [5.74, 6) is 1.14. The average molecular weight is 397 g/mol. The topological polar surface area (TPSA) is 83.0 Å². The number of ether oxygens (including phenoxy) is 1. The molecule has 0 atom stereocenters. The maximum absolute atomic E-state index is 10.9. The normalized spacial score (nSPS) is 11.0. The van der Waals surface area contributed by atoms with Crippen LogP contribution in [0.2, 0.25) is 0 Å². The van der Waals surface area contributed by atoms with Gasteiger partial charge in [-0.25, -0.2) is 9.78 Å². The molecule has 2 aromatic heterocycles. The zero-order valence-electron chi connectivity index (χ0n) is 16.0. The first-order valence-electron chi connectivity index (χ1n) is 9.18. The summed E-state index contributed by atoms with van der Waals surface area (Å²) in [4.78, 5) is 21.1. The number of benzene rings is 1. The largest absolute Gasteiger partial charge is 0.449 e. The van der Waals surface area contributed by atoms with Crippen molar-refractivity contribution in [3.05, 3.63) is 71.9 Å². The highest BCUT2D eigenvalue weighted by Crippen LogP contribution is 2.35. The van der Waals surface area contributed by atoms with E-state index in [1.165, 1.54) is 0 Å². The molecule has 0 aliphatic rings. The van der Waals surface area contributed by atoms with E-state index in [9.17, 15) is 4.79 Å². The molecule has 0 unspecified atom stereocenters. The summed E-state index contributed by atoms with van der Waals surface area (Å²) in [6.07, 6.45) is 3.31. The number of carbonyl (C=O) groups is 1. The third-order valence-electron chi connectivity index (χ3n) is 4.19. The molecule has 1 amide bonds. The van der Waals surface area contributed by atoms with Gasteiger partial charge in [-0.2, -0.15) is 0 Å². The van der Waals surface area contributed by atoms with Crippen LogP contribution in [0.25, 0.3) is 0 Å². The number of primary amides is 1. The number of nitrogens with zero attached hydrogens (tertiary/aromatic N) is 3. The number of aromatic nitrogens is 3. The Hall–Kier alpha value is -2.80. The second-order valence-electron chi connectivity index (χ2n) is 6.65. The van der Waals surface area contributed by atoms with Crippen molar-refractivity contribution in [2.75, 3.05) is 6.61 Å². The minimum absolute atomic E-state index is 0.204. The van der Waals surface area contributed by atoms with E-state index < -0.39 is 6.09 Å². The molecule has 1 aromatic carbocycles. The molecule has 146 valence electrons. The second kappa shape index (κ2) is 9.41. The number of hydrogen-bond acceptors (Lipinski definition) is 5. The number of pyridine rings is 1. The Morgan fingerprint density at radius 3 is 2.54 bits per heavy atom. The molecule has 2 N–H and O–H groups in total. The molecule has 7 heteroatoms. The van der Waals surface area contributed by atoms with Crippen molar-refractivity contribution >= 4 is 17.9 Å². The summed E-state index contributed by atoms with van der Waals surface area (Å²) in [6, 6.07) is 14.2. The first-order chi connectivity index (χ1) is 13.5. The van der Waals surface area contributed by atoms with Crippen LogP contribution < -0.4 is 5.73 Å². The van der Waals surface area contributed by atoms with Crippen LogP contribution >= 0.6 is 11.8 Å². The van der Waals surface area contributed by atoms with Crippen molar-refractivity contribution in [1.82, 2.24) is 14.5 Å². The molecule has 0 saturated carbocycles. The maximum Gasteiger partial charge on any atom is 0.404 e. The molecule has 0 aliphatic carbocycles. The first kappa shape index (κ1) is 19.9. The second-order valence-corrected chi connectivity index (χ2v) is 7.71. The Labute approximate surface area is 169 Å². The molecular formula is C21H24N4O2S. The van der Waals surface area contributed by atoms with Crippen LogP contribution in [0.4, 0.5) is 4.79 Å². The van der Waals surface area contributed by atoms with Gasteiger partial charge in [0.25, 0.3) is 0 Å². The lowest BCUT2D eigenvalue weighted by atomic mass is 10.1. The molecule has 2 heterocycles. The lowest BCUT2D eigenvalue weighted by Crippen LogP contribution is -2.16. The highest BCUT2D eigenvalue weighted by molar-refractivity contribution is 7.99. The molecule has 0 saturated heterocycles. The van der Waals surface area contributed by atoms with Gasteiger partial charge in [0.1, 0.15) is 17.5 Å². The smallest absolute Gasteiger partial charge is 0.404 e. The number of nitrogens with two attached hydrogens (primary N) is 1. The number of hydrogen-bond donors (Lipinski definition) is 1. The predicted molar refractivity (Wildman–Crippen MR) is 109 cm³/mol. The van der Waals surface area contributed by atoms with Gasteiger partial charge in [-0.15, -0.1) is 0 Å². The number of amides is 1. The Morgan fingerprint density at radius 1 is 1.18 bits per heavy atom. The third-order valence-corrected chi connectivity index (χ3v) is 5.32. The summed E-state index contributed by atoms with van der Waals surface area (Å²) in [5.41, 5.74) is 7.28. The van der Waals surface area contributed by atoms with Gasteiger partial charge in [-0.05, 0) is 35.7 Å². The van der Waals surface area contributed by atoms with E-state index in [1.54, 1.807) is 24.2 Å². The van der Waals surface area contributed by atoms with Crippen LogP contribution in [0.5, 0.6) is 0 Å². The molecule has 0 spiro atoms. The van der Waals surface area contributed by atoms with Crippen molar-refractivity contribution < 1.29 is 9.53 Å². The summed E-state index contributed by atoms with van der Waals surface area (Å²) in [6.45, 7) is 5.15. The molecule has 28 heavy (non-hydrogen) atoms. The average Bonchev–Trinajstić information content (AvgIpc) is 3.01. The highest BCUT2D eigenvalue weighted by Gasteiger charge is 2.21. The van der Waals surface area contributed by atoms with Crippen molar-refractivity contribution in [2.24, 2.45) is 5.73 Å². The fourth-order valence-electron chi connectivity index (χ4n) is 2.85. The van der Waals surface area contributed by atoms with Gasteiger partial charge in [0.15, 0.2) is 0 Å². The number of rotatable bonds is 8. The molecular weight excluding hydrogens is 372 g/mol. The van der Waals surface area contributed by atoms with E-state index in [4.69, 9.17) is 15.5 Å². The van der Waals surface area contributed by atoms with Crippen LogP contribution in [0.15, 0.2) is 64.8 Å². The zero-order valence-corrected chi connectivity index (χ0v) is 16.9. The maximum atomic E-state index is 10.9. The molecule has 0 aliphatic heterocycles. The van der Waals surface area contributed by atoms with Crippen LogP contribution in [0.1, 0.15) is 36.8 Å². The van der Waals surface area contributed by atoms with Gasteiger partial charge in [-0.1, -0.05) is 43.8 Å². The van der Waals surface area contributed by atoms with Gasteiger partial charge in [0.05, 0.1) is 5.69 Å². The monoisotopic (exact) mass is 396 g/mol. The summed E-state index contributed by atoms with van der Waals surface area (Å²) in [7, 11) is 0. The van der Waals surface area contributed by atoms with E-state index in [2.05, 4.69) is 35.5 Å². The van der Waals surface area contributed by atoms with E-state index in [1.807, 2.05) is 30.3 Å². The fourth-order valence-corrected chi connectivity index (χ4v) is 4.04. The van der Waals surface area contributed by atoms with Gasteiger partial charge in [0.2, 0.25) is 0 Å². The SMILES string of the molecule is CC(C)c1nc(CCOC(N)=O)n(Cc2ccncc2)c1Sc1ccccc1. The Balaban J connectivity index is 2.00. The van der Waals surface area contributed by atoms with Crippen molar-refractivity contribution in [3.8, 4) is 0 Å². The van der Waals surface area contributed by atoms with Crippen LogP contribution in [-0.2, 0) is 17.7 Å². The fraction of sp³-hybridized carbons (Fsp3) is 0.286. The van der Waals surface area contributed by atoms with Crippen LogP contribution in [-0.4, -0.2) is 27.2 Å². The quantitative estimate of drug-likeness (QED) is 0.616. The Morgan fingerprint density at radius 2 is 1.89 bits per heavy atom. The third kappa shape index (κ3) is 5.13. The molecule has 0 radical (unpaired) electrons. The highest BCUT2D eigenvalue weighted by atomic mass is 32.2.